The number of rotatable bonds is 5. The van der Waals surface area contributed by atoms with Crippen molar-refractivity contribution in [1.82, 2.24) is 10.2 Å². The molecule has 0 spiro atoms. The predicted octanol–water partition coefficient (Wildman–Crippen LogP) is 0.927. The lowest BCUT2D eigenvalue weighted by atomic mass is 9.95. The van der Waals surface area contributed by atoms with E-state index in [9.17, 15) is 9.59 Å². The van der Waals surface area contributed by atoms with Gasteiger partial charge in [-0.2, -0.15) is 0 Å². The van der Waals surface area contributed by atoms with Crippen LogP contribution in [0.25, 0.3) is 0 Å². The van der Waals surface area contributed by atoms with Crippen molar-refractivity contribution in [3.05, 3.63) is 0 Å². The summed E-state index contributed by atoms with van der Waals surface area (Å²) in [7, 11) is 1.60. The fraction of sp³-hybridized carbons (Fsp3) is 0.846. The van der Waals surface area contributed by atoms with Gasteiger partial charge in [-0.05, 0) is 27.2 Å². The van der Waals surface area contributed by atoms with Gasteiger partial charge in [-0.15, -0.1) is 0 Å². The van der Waals surface area contributed by atoms with Crippen LogP contribution in [0.5, 0.6) is 0 Å². The van der Waals surface area contributed by atoms with Crippen molar-refractivity contribution in [2.45, 2.75) is 58.2 Å². The Morgan fingerprint density at radius 2 is 2.00 bits per heavy atom. The van der Waals surface area contributed by atoms with Crippen LogP contribution in [0.4, 0.5) is 0 Å². The lowest BCUT2D eigenvalue weighted by molar-refractivity contribution is -0.157. The van der Waals surface area contributed by atoms with Crippen LogP contribution in [0.1, 0.15) is 40.5 Å². The summed E-state index contributed by atoms with van der Waals surface area (Å²) in [5.41, 5.74) is -0.477. The van der Waals surface area contributed by atoms with E-state index < -0.39 is 17.6 Å². The fourth-order valence-corrected chi connectivity index (χ4v) is 2.56. The van der Waals surface area contributed by atoms with Crippen LogP contribution in [0.15, 0.2) is 0 Å². The van der Waals surface area contributed by atoms with Gasteiger partial charge in [-0.1, -0.05) is 13.3 Å². The molecule has 0 saturated carbocycles. The average Bonchev–Trinajstić information content (AvgIpc) is 2.26. The Balaban J connectivity index is 2.98. The average molecular weight is 256 g/mol. The van der Waals surface area contributed by atoms with Crippen LogP contribution >= 0.6 is 0 Å². The SMILES string of the molecule is CCCC1NC(=O)C(C)N(C(C)(C)COC)C1=O. The zero-order valence-corrected chi connectivity index (χ0v) is 11.9. The molecule has 0 aliphatic carbocycles. The van der Waals surface area contributed by atoms with Crippen molar-refractivity contribution < 1.29 is 14.3 Å². The number of ether oxygens (including phenoxy) is 1. The maximum absolute atomic E-state index is 12.4. The number of nitrogens with one attached hydrogen (secondary N) is 1. The first kappa shape index (κ1) is 15.0. The Morgan fingerprint density at radius 1 is 1.39 bits per heavy atom. The number of hydrogen-bond donors (Lipinski definition) is 1. The first-order chi connectivity index (χ1) is 8.35. The van der Waals surface area contributed by atoms with E-state index in [4.69, 9.17) is 4.74 Å². The third kappa shape index (κ3) is 2.83. The molecule has 2 unspecified atom stereocenters. The summed E-state index contributed by atoms with van der Waals surface area (Å²) in [6, 6.07) is -0.842. The lowest BCUT2D eigenvalue weighted by Crippen LogP contribution is -2.68. The van der Waals surface area contributed by atoms with Crippen LogP contribution in [-0.2, 0) is 14.3 Å². The summed E-state index contributed by atoms with van der Waals surface area (Å²) in [6.45, 7) is 8.02. The summed E-state index contributed by atoms with van der Waals surface area (Å²) in [4.78, 5) is 26.1. The van der Waals surface area contributed by atoms with Crippen molar-refractivity contribution >= 4 is 11.8 Å². The molecule has 1 rings (SSSR count). The molecule has 0 bridgehead atoms. The molecule has 2 atom stereocenters. The summed E-state index contributed by atoms with van der Waals surface area (Å²) in [5.74, 6) is -0.0942. The van der Waals surface area contributed by atoms with Crippen LogP contribution in [0, 0.1) is 0 Å². The molecular formula is C13H24N2O3. The van der Waals surface area contributed by atoms with Crippen LogP contribution in [-0.4, -0.2) is 48.1 Å². The minimum atomic E-state index is -0.477. The molecule has 1 fully saturated rings. The molecule has 0 radical (unpaired) electrons. The second-order valence-corrected chi connectivity index (χ2v) is 5.48. The molecule has 1 N–H and O–H groups in total. The van der Waals surface area contributed by atoms with Gasteiger partial charge in [-0.3, -0.25) is 9.59 Å². The third-order valence-corrected chi connectivity index (χ3v) is 3.35. The standard InChI is InChI=1S/C13H24N2O3/c1-6-7-10-12(17)15(9(2)11(16)14-10)13(3,4)8-18-5/h9-10H,6-8H2,1-5H3,(H,14,16). The van der Waals surface area contributed by atoms with E-state index in [0.29, 0.717) is 13.0 Å². The highest BCUT2D eigenvalue weighted by Gasteiger charge is 2.44. The monoisotopic (exact) mass is 256 g/mol. The molecule has 1 heterocycles. The number of carbonyl (C=O) groups excluding carboxylic acids is 2. The molecule has 18 heavy (non-hydrogen) atoms. The van der Waals surface area contributed by atoms with Gasteiger partial charge in [0.1, 0.15) is 12.1 Å². The zero-order valence-electron chi connectivity index (χ0n) is 11.9. The van der Waals surface area contributed by atoms with Gasteiger partial charge < -0.3 is 15.0 Å². The molecule has 2 amide bonds. The van der Waals surface area contributed by atoms with Crippen LogP contribution in [0.3, 0.4) is 0 Å². The van der Waals surface area contributed by atoms with E-state index in [1.807, 2.05) is 20.8 Å². The number of hydrogen-bond acceptors (Lipinski definition) is 3. The van der Waals surface area contributed by atoms with Crippen LogP contribution < -0.4 is 5.32 Å². The van der Waals surface area contributed by atoms with Gasteiger partial charge in [0.2, 0.25) is 11.8 Å². The molecular weight excluding hydrogens is 232 g/mol. The second kappa shape index (κ2) is 5.69. The van der Waals surface area contributed by atoms with E-state index in [1.54, 1.807) is 18.9 Å². The third-order valence-electron chi connectivity index (χ3n) is 3.35. The molecule has 0 aromatic carbocycles. The number of carbonyl (C=O) groups is 2. The van der Waals surface area contributed by atoms with E-state index in [1.165, 1.54) is 0 Å². The maximum atomic E-state index is 12.4. The lowest BCUT2D eigenvalue weighted by Gasteiger charge is -2.46. The number of methoxy groups -OCH3 is 1. The highest BCUT2D eigenvalue weighted by Crippen LogP contribution is 2.24. The molecule has 1 aliphatic rings. The van der Waals surface area contributed by atoms with Gasteiger partial charge in [0, 0.05) is 7.11 Å². The smallest absolute Gasteiger partial charge is 0.246 e. The normalized spacial score (nSPS) is 25.3. The highest BCUT2D eigenvalue weighted by atomic mass is 16.5. The first-order valence-corrected chi connectivity index (χ1v) is 6.47. The molecule has 0 aromatic rings. The van der Waals surface area contributed by atoms with Crippen molar-refractivity contribution in [2.24, 2.45) is 0 Å². The molecule has 1 saturated heterocycles. The van der Waals surface area contributed by atoms with E-state index in [-0.39, 0.29) is 11.8 Å². The molecule has 1 aliphatic heterocycles. The van der Waals surface area contributed by atoms with Gasteiger partial charge in [0.15, 0.2) is 0 Å². The quantitative estimate of drug-likeness (QED) is 0.796. The van der Waals surface area contributed by atoms with Crippen molar-refractivity contribution in [2.75, 3.05) is 13.7 Å². The molecule has 104 valence electrons. The van der Waals surface area contributed by atoms with Gasteiger partial charge in [-0.25, -0.2) is 0 Å². The summed E-state index contributed by atoms with van der Waals surface area (Å²) < 4.78 is 5.16. The Morgan fingerprint density at radius 3 is 2.50 bits per heavy atom. The molecule has 5 heteroatoms. The van der Waals surface area contributed by atoms with Crippen LogP contribution in [0.2, 0.25) is 0 Å². The van der Waals surface area contributed by atoms with Crippen molar-refractivity contribution in [3.63, 3.8) is 0 Å². The van der Waals surface area contributed by atoms with E-state index in [0.717, 1.165) is 6.42 Å². The summed E-state index contributed by atoms with van der Waals surface area (Å²) in [5, 5.41) is 2.79. The minimum Gasteiger partial charge on any atom is -0.382 e. The second-order valence-electron chi connectivity index (χ2n) is 5.48. The maximum Gasteiger partial charge on any atom is 0.246 e. The number of piperazine rings is 1. The van der Waals surface area contributed by atoms with Gasteiger partial charge >= 0.3 is 0 Å². The molecule has 0 aromatic heterocycles. The largest absolute Gasteiger partial charge is 0.382 e. The predicted molar refractivity (Wildman–Crippen MR) is 69.1 cm³/mol. The van der Waals surface area contributed by atoms with Crippen molar-refractivity contribution in [3.8, 4) is 0 Å². The van der Waals surface area contributed by atoms with Gasteiger partial charge in [0.05, 0.1) is 12.1 Å². The topological polar surface area (TPSA) is 58.6 Å². The minimum absolute atomic E-state index is 0.00833. The first-order valence-electron chi connectivity index (χ1n) is 6.47. The zero-order chi connectivity index (χ0) is 13.9. The highest BCUT2D eigenvalue weighted by molar-refractivity contribution is 5.97. The van der Waals surface area contributed by atoms with Crippen molar-refractivity contribution in [1.29, 1.82) is 0 Å². The fourth-order valence-electron chi connectivity index (χ4n) is 2.56. The summed E-state index contributed by atoms with van der Waals surface area (Å²) in [6.07, 6.45) is 1.54. The van der Waals surface area contributed by atoms with E-state index >= 15 is 0 Å². The Kier molecular flexibility index (Phi) is 4.73. The molecule has 5 nitrogen and oxygen atoms in total. The Labute approximate surface area is 109 Å². The summed E-state index contributed by atoms with van der Waals surface area (Å²) >= 11 is 0. The Bertz CT molecular complexity index is 328. The number of amides is 2. The van der Waals surface area contributed by atoms with Gasteiger partial charge in [0.25, 0.3) is 0 Å². The Hall–Kier alpha value is -1.10. The van der Waals surface area contributed by atoms with E-state index in [2.05, 4.69) is 5.32 Å². The number of nitrogens with zero attached hydrogens (tertiary/aromatic N) is 1.